The van der Waals surface area contributed by atoms with Crippen LogP contribution in [0.25, 0.3) is 0 Å². The lowest BCUT2D eigenvalue weighted by Gasteiger charge is -2.18. The molecule has 176 valence electrons. The van der Waals surface area contributed by atoms with E-state index in [0.29, 0.717) is 35.8 Å². The van der Waals surface area contributed by atoms with Crippen molar-refractivity contribution in [2.45, 2.75) is 19.1 Å². The minimum absolute atomic E-state index is 0.308. The van der Waals surface area contributed by atoms with Crippen LogP contribution in [0.5, 0.6) is 11.5 Å². The van der Waals surface area contributed by atoms with E-state index in [-0.39, 0.29) is 0 Å². The summed E-state index contributed by atoms with van der Waals surface area (Å²) in [6.45, 7) is 0.615. The van der Waals surface area contributed by atoms with Crippen LogP contribution in [-0.2, 0) is 18.0 Å². The highest BCUT2D eigenvalue weighted by Gasteiger charge is 2.27. The van der Waals surface area contributed by atoms with Gasteiger partial charge in [-0.25, -0.2) is 4.79 Å². The number of carboxylic acid groups (broad SMARTS) is 1. The zero-order valence-corrected chi connectivity index (χ0v) is 18.7. The van der Waals surface area contributed by atoms with Gasteiger partial charge in [-0.05, 0) is 59.7 Å². The Morgan fingerprint density at radius 2 is 1.20 bits per heavy atom. The Bertz CT molecular complexity index is 1170. The van der Waals surface area contributed by atoms with Crippen molar-refractivity contribution >= 4 is 11.7 Å². The smallest absolute Gasteiger partial charge is 0.354 e. The summed E-state index contributed by atoms with van der Waals surface area (Å²) >= 11 is 0. The highest BCUT2D eigenvalue weighted by atomic mass is 16.5. The topological polar surface area (TPSA) is 114 Å². The van der Waals surface area contributed by atoms with E-state index in [1.807, 2.05) is 36.4 Å². The number of carboxylic acids is 1. The molecule has 0 spiro atoms. The van der Waals surface area contributed by atoms with E-state index in [9.17, 15) is 15.1 Å². The lowest BCUT2D eigenvalue weighted by atomic mass is 9.87. The Kier molecular flexibility index (Phi) is 7.65. The van der Waals surface area contributed by atoms with Gasteiger partial charge in [-0.2, -0.15) is 0 Å². The van der Waals surface area contributed by atoms with Gasteiger partial charge in [0, 0.05) is 12.4 Å². The summed E-state index contributed by atoms with van der Waals surface area (Å²) in [4.78, 5) is 20.3. The first-order valence-electron chi connectivity index (χ1n) is 10.8. The van der Waals surface area contributed by atoms with Crippen LogP contribution in [0.2, 0.25) is 0 Å². The van der Waals surface area contributed by atoms with Gasteiger partial charge in [0.25, 0.3) is 0 Å². The van der Waals surface area contributed by atoms with Gasteiger partial charge >= 0.3 is 5.97 Å². The van der Waals surface area contributed by atoms with Crippen LogP contribution in [0.1, 0.15) is 28.4 Å². The fraction of sp³-hybridized carbons (Fsp3) is 0.111. The van der Waals surface area contributed by atoms with Crippen molar-refractivity contribution in [2.75, 3.05) is 0 Å². The molecule has 0 unspecified atom stereocenters. The molecular formula is C27H23N3O5. The van der Waals surface area contributed by atoms with Gasteiger partial charge in [0.05, 0.1) is 17.3 Å². The summed E-state index contributed by atoms with van der Waals surface area (Å²) in [7, 11) is 0. The molecule has 0 saturated carbocycles. The minimum atomic E-state index is -1.32. The van der Waals surface area contributed by atoms with E-state index >= 15 is 0 Å². The maximum atomic E-state index is 11.8. The molecule has 2 N–H and O–H groups in total. The number of oxime groups is 1. The average molecular weight is 469 g/mol. The molecule has 0 aliphatic heterocycles. The Morgan fingerprint density at radius 3 is 1.54 bits per heavy atom. The summed E-state index contributed by atoms with van der Waals surface area (Å²) < 4.78 is 11.5. The van der Waals surface area contributed by atoms with E-state index < -0.39 is 17.6 Å². The van der Waals surface area contributed by atoms with Crippen molar-refractivity contribution in [1.29, 1.82) is 0 Å². The third-order valence-electron chi connectivity index (χ3n) is 5.25. The number of pyridine rings is 2. The molecule has 8 nitrogen and oxygen atoms in total. The van der Waals surface area contributed by atoms with E-state index in [4.69, 9.17) is 9.47 Å². The molecule has 4 aromatic rings. The second kappa shape index (κ2) is 11.4. The van der Waals surface area contributed by atoms with Gasteiger partial charge in [-0.15, -0.1) is 0 Å². The highest BCUT2D eigenvalue weighted by Crippen LogP contribution is 2.30. The number of aliphatic carboxylic acids is 1. The number of nitrogens with zero attached hydrogens (tertiary/aromatic N) is 3. The van der Waals surface area contributed by atoms with E-state index in [2.05, 4.69) is 15.1 Å². The monoisotopic (exact) mass is 469 g/mol. The molecule has 0 atom stereocenters. The second-order valence-corrected chi connectivity index (χ2v) is 7.58. The van der Waals surface area contributed by atoms with Crippen molar-refractivity contribution in [3.63, 3.8) is 0 Å². The van der Waals surface area contributed by atoms with Crippen LogP contribution >= 0.6 is 0 Å². The quantitative estimate of drug-likeness (QED) is 0.197. The number of hydrogen-bond donors (Lipinski definition) is 2. The molecule has 0 bridgehead atoms. The zero-order chi connectivity index (χ0) is 24.5. The van der Waals surface area contributed by atoms with Gasteiger partial charge < -0.3 is 19.8 Å². The summed E-state index contributed by atoms with van der Waals surface area (Å²) in [5.74, 6) is -0.904. The molecule has 4 rings (SSSR count). The number of rotatable bonds is 10. The van der Waals surface area contributed by atoms with Gasteiger partial charge in [0.1, 0.15) is 24.7 Å². The van der Waals surface area contributed by atoms with Crippen LogP contribution < -0.4 is 9.47 Å². The zero-order valence-electron chi connectivity index (χ0n) is 18.7. The maximum absolute atomic E-state index is 11.8. The fourth-order valence-electron chi connectivity index (χ4n) is 3.53. The Labute approximate surface area is 202 Å². The Balaban J connectivity index is 1.51. The van der Waals surface area contributed by atoms with Crippen LogP contribution in [0.15, 0.2) is 102 Å². The maximum Gasteiger partial charge on any atom is 0.354 e. The third-order valence-corrected chi connectivity index (χ3v) is 5.25. The predicted octanol–water partition coefficient (Wildman–Crippen LogP) is 4.68. The molecular weight excluding hydrogens is 446 g/mol. The predicted molar refractivity (Wildman–Crippen MR) is 129 cm³/mol. The van der Waals surface area contributed by atoms with Crippen molar-refractivity contribution in [2.24, 2.45) is 5.16 Å². The van der Waals surface area contributed by atoms with Crippen molar-refractivity contribution in [3.05, 3.63) is 120 Å². The molecule has 0 aliphatic carbocycles. The summed E-state index contributed by atoms with van der Waals surface area (Å²) in [5.41, 5.74) is 2.45. The van der Waals surface area contributed by atoms with E-state index in [0.717, 1.165) is 11.4 Å². The van der Waals surface area contributed by atoms with Gasteiger partial charge in [-0.3, -0.25) is 9.97 Å². The van der Waals surface area contributed by atoms with Gasteiger partial charge in [0.2, 0.25) is 0 Å². The SMILES string of the molecule is O=C(O)C(=NO)C(c1ccc(OCc2ccccn2)cc1)c1ccc(OCc2ccccn2)cc1. The first kappa shape index (κ1) is 23.4. The number of ether oxygens (including phenoxy) is 2. The van der Waals surface area contributed by atoms with Crippen LogP contribution in [0, 0.1) is 0 Å². The van der Waals surface area contributed by atoms with Crippen molar-refractivity contribution in [1.82, 2.24) is 9.97 Å². The van der Waals surface area contributed by atoms with Crippen LogP contribution in [0.3, 0.4) is 0 Å². The molecule has 2 heterocycles. The first-order chi connectivity index (χ1) is 17.1. The minimum Gasteiger partial charge on any atom is -0.487 e. The van der Waals surface area contributed by atoms with E-state index in [1.54, 1.807) is 60.9 Å². The fourth-order valence-corrected chi connectivity index (χ4v) is 3.53. The molecule has 0 amide bonds. The number of carbonyl (C=O) groups is 1. The molecule has 35 heavy (non-hydrogen) atoms. The number of hydrogen-bond acceptors (Lipinski definition) is 7. The van der Waals surface area contributed by atoms with Crippen molar-refractivity contribution < 1.29 is 24.6 Å². The average Bonchev–Trinajstić information content (AvgIpc) is 2.91. The molecule has 0 saturated heterocycles. The van der Waals surface area contributed by atoms with Crippen LogP contribution in [-0.4, -0.2) is 32.0 Å². The normalized spacial score (nSPS) is 11.3. The molecule has 0 aliphatic rings. The highest BCUT2D eigenvalue weighted by molar-refractivity contribution is 6.38. The molecule has 0 radical (unpaired) electrons. The molecule has 2 aromatic heterocycles. The first-order valence-corrected chi connectivity index (χ1v) is 10.8. The summed E-state index contributed by atoms with van der Waals surface area (Å²) in [6, 6.07) is 25.1. The number of aromatic nitrogens is 2. The molecule has 2 aromatic carbocycles. The summed E-state index contributed by atoms with van der Waals surface area (Å²) in [5, 5.41) is 22.2. The van der Waals surface area contributed by atoms with Crippen molar-refractivity contribution in [3.8, 4) is 11.5 Å². The van der Waals surface area contributed by atoms with Gasteiger partial charge in [-0.1, -0.05) is 41.6 Å². The van der Waals surface area contributed by atoms with Gasteiger partial charge in [0.15, 0.2) is 5.71 Å². The van der Waals surface area contributed by atoms with Crippen LogP contribution in [0.4, 0.5) is 0 Å². The third kappa shape index (κ3) is 6.20. The number of benzene rings is 2. The molecule has 0 fully saturated rings. The largest absolute Gasteiger partial charge is 0.487 e. The standard InChI is InChI=1S/C27H23N3O5/c31-27(32)26(30-33)25(19-7-11-23(12-8-19)34-17-21-5-1-3-15-28-21)20-9-13-24(14-10-20)35-18-22-6-2-4-16-29-22/h1-16,25,33H,17-18H2,(H,31,32). The summed E-state index contributed by atoms with van der Waals surface area (Å²) in [6.07, 6.45) is 3.39. The lowest BCUT2D eigenvalue weighted by molar-refractivity contribution is -0.129. The lowest BCUT2D eigenvalue weighted by Crippen LogP contribution is -2.23. The Morgan fingerprint density at radius 1 is 0.743 bits per heavy atom. The second-order valence-electron chi connectivity index (χ2n) is 7.58. The van der Waals surface area contributed by atoms with E-state index in [1.165, 1.54) is 0 Å². The molecule has 8 heteroatoms. The Hall–Kier alpha value is -4.72.